The van der Waals surface area contributed by atoms with Crippen LogP contribution in [0.15, 0.2) is 70.2 Å². The Morgan fingerprint density at radius 3 is 2.22 bits per heavy atom. The maximum absolute atomic E-state index is 13.4. The third-order valence-electron chi connectivity index (χ3n) is 7.27. The summed E-state index contributed by atoms with van der Waals surface area (Å²) >= 11 is 1.22. The number of esters is 1. The van der Waals surface area contributed by atoms with E-state index in [1.165, 1.54) is 11.8 Å². The molecule has 2 aromatic rings. The van der Waals surface area contributed by atoms with Crippen molar-refractivity contribution in [2.45, 2.75) is 75.9 Å². The highest BCUT2D eigenvalue weighted by atomic mass is 32.2. The van der Waals surface area contributed by atoms with Crippen LogP contribution >= 0.6 is 11.8 Å². The average Bonchev–Trinajstić information content (AvgIpc) is 2.93. The first-order valence-electron chi connectivity index (χ1n) is 14.1. The van der Waals surface area contributed by atoms with E-state index in [1.807, 2.05) is 75.4 Å². The molecule has 1 saturated heterocycles. The summed E-state index contributed by atoms with van der Waals surface area (Å²) in [5.74, 6) is -0.470. The van der Waals surface area contributed by atoms with Crippen LogP contribution in [0, 0.1) is 0 Å². The van der Waals surface area contributed by atoms with E-state index in [-0.39, 0.29) is 47.8 Å². The van der Waals surface area contributed by atoms with Crippen molar-refractivity contribution in [3.05, 3.63) is 76.4 Å². The highest BCUT2D eigenvalue weighted by Gasteiger charge is 2.44. The SMILES string of the molecule is CC(C)c1ccccc1SC1=C(O)CC(CCC(=O)N2CCN(C(=O)OC(C)(C)C)CC2)(c2ccccc2)OC1=O. The number of benzene rings is 2. The van der Waals surface area contributed by atoms with Crippen molar-refractivity contribution < 1.29 is 29.0 Å². The van der Waals surface area contributed by atoms with Gasteiger partial charge >= 0.3 is 12.1 Å². The summed E-state index contributed by atoms with van der Waals surface area (Å²) < 4.78 is 11.6. The van der Waals surface area contributed by atoms with Crippen LogP contribution in [-0.2, 0) is 24.7 Å². The lowest BCUT2D eigenvalue weighted by molar-refractivity contribution is -0.161. The molecule has 1 unspecified atom stereocenters. The Labute approximate surface area is 246 Å². The second-order valence-electron chi connectivity index (χ2n) is 11.8. The van der Waals surface area contributed by atoms with Crippen molar-refractivity contribution in [1.82, 2.24) is 9.80 Å². The molecule has 2 aromatic carbocycles. The fourth-order valence-corrected chi connectivity index (χ4v) is 6.21. The molecule has 0 spiro atoms. The lowest BCUT2D eigenvalue weighted by Gasteiger charge is -2.39. The molecule has 0 aliphatic carbocycles. The Balaban J connectivity index is 1.47. The van der Waals surface area contributed by atoms with E-state index in [4.69, 9.17) is 9.47 Å². The maximum atomic E-state index is 13.4. The molecule has 0 saturated carbocycles. The summed E-state index contributed by atoms with van der Waals surface area (Å²) in [6, 6.07) is 17.1. The number of thioether (sulfide) groups is 1. The Hall–Kier alpha value is -3.46. The lowest BCUT2D eigenvalue weighted by Crippen LogP contribution is -2.51. The van der Waals surface area contributed by atoms with Crippen LogP contribution < -0.4 is 0 Å². The number of hydrogen-bond acceptors (Lipinski definition) is 7. The van der Waals surface area contributed by atoms with Crippen molar-refractivity contribution in [2.24, 2.45) is 0 Å². The molecule has 2 aliphatic rings. The largest absolute Gasteiger partial charge is 0.511 e. The second kappa shape index (κ2) is 12.6. The summed E-state index contributed by atoms with van der Waals surface area (Å²) in [7, 11) is 0. The van der Waals surface area contributed by atoms with Crippen LogP contribution in [0.1, 0.15) is 70.9 Å². The molecule has 8 nitrogen and oxygen atoms in total. The fourth-order valence-electron chi connectivity index (χ4n) is 5.11. The third-order valence-corrected chi connectivity index (χ3v) is 8.47. The van der Waals surface area contributed by atoms with Crippen LogP contribution in [0.5, 0.6) is 0 Å². The number of ether oxygens (including phenoxy) is 2. The molecule has 2 heterocycles. The van der Waals surface area contributed by atoms with Gasteiger partial charge in [-0.2, -0.15) is 0 Å². The zero-order valence-corrected chi connectivity index (χ0v) is 25.3. The highest BCUT2D eigenvalue weighted by molar-refractivity contribution is 8.04. The van der Waals surface area contributed by atoms with E-state index in [1.54, 1.807) is 9.80 Å². The first-order valence-corrected chi connectivity index (χ1v) is 14.9. The summed E-state index contributed by atoms with van der Waals surface area (Å²) in [5, 5.41) is 11.2. The van der Waals surface area contributed by atoms with Crippen molar-refractivity contribution in [2.75, 3.05) is 26.2 Å². The van der Waals surface area contributed by atoms with Gasteiger partial charge in [-0.05, 0) is 43.9 Å². The molecule has 2 aliphatic heterocycles. The van der Waals surface area contributed by atoms with Crippen LogP contribution in [0.4, 0.5) is 4.79 Å². The number of piperazine rings is 1. The van der Waals surface area contributed by atoms with Crippen LogP contribution in [0.3, 0.4) is 0 Å². The van der Waals surface area contributed by atoms with Crippen LogP contribution in [0.2, 0.25) is 0 Å². The average molecular weight is 581 g/mol. The first-order chi connectivity index (χ1) is 19.4. The van der Waals surface area contributed by atoms with E-state index in [0.29, 0.717) is 26.2 Å². The predicted octanol–water partition coefficient (Wildman–Crippen LogP) is 6.37. The second-order valence-corrected chi connectivity index (χ2v) is 12.9. The minimum absolute atomic E-state index is 0.0351. The van der Waals surface area contributed by atoms with Gasteiger partial charge in [-0.1, -0.05) is 74.1 Å². The van der Waals surface area contributed by atoms with Gasteiger partial charge in [0.1, 0.15) is 21.9 Å². The topological polar surface area (TPSA) is 96.4 Å². The van der Waals surface area contributed by atoms with Crippen molar-refractivity contribution in [3.8, 4) is 0 Å². The van der Waals surface area contributed by atoms with E-state index in [9.17, 15) is 19.5 Å². The Morgan fingerprint density at radius 1 is 1.00 bits per heavy atom. The third kappa shape index (κ3) is 7.44. The van der Waals surface area contributed by atoms with E-state index in [2.05, 4.69) is 13.8 Å². The first kappa shape index (κ1) is 30.5. The molecule has 1 fully saturated rings. The Morgan fingerprint density at radius 2 is 1.61 bits per heavy atom. The molecule has 0 aromatic heterocycles. The maximum Gasteiger partial charge on any atom is 0.410 e. The van der Waals surface area contributed by atoms with Crippen molar-refractivity contribution in [3.63, 3.8) is 0 Å². The molecule has 2 amide bonds. The predicted molar refractivity (Wildman–Crippen MR) is 158 cm³/mol. The smallest absolute Gasteiger partial charge is 0.410 e. The molecule has 220 valence electrons. The van der Waals surface area contributed by atoms with Gasteiger partial charge < -0.3 is 24.4 Å². The minimum atomic E-state index is -1.17. The zero-order valence-electron chi connectivity index (χ0n) is 24.5. The highest BCUT2D eigenvalue weighted by Crippen LogP contribution is 2.46. The van der Waals surface area contributed by atoms with Crippen LogP contribution in [-0.4, -0.2) is 64.7 Å². The van der Waals surface area contributed by atoms with Gasteiger partial charge in [-0.15, -0.1) is 0 Å². The van der Waals surface area contributed by atoms with Gasteiger partial charge in [0.05, 0.1) is 6.42 Å². The number of nitrogens with zero attached hydrogens (tertiary/aromatic N) is 2. The summed E-state index contributed by atoms with van der Waals surface area (Å²) in [5.41, 5.74) is 0.0681. The van der Waals surface area contributed by atoms with E-state index in [0.717, 1.165) is 16.0 Å². The molecule has 0 radical (unpaired) electrons. The van der Waals surface area contributed by atoms with E-state index < -0.39 is 17.2 Å². The summed E-state index contributed by atoms with van der Waals surface area (Å²) in [6.45, 7) is 11.2. The Kier molecular flexibility index (Phi) is 9.37. The van der Waals surface area contributed by atoms with E-state index >= 15 is 0 Å². The summed E-state index contributed by atoms with van der Waals surface area (Å²) in [6.07, 6.45) is 0.0434. The standard InChI is InChI=1S/C32H40N2O6S/c1-22(2)24-13-9-10-14-26(24)41-28-25(35)21-32(39-29(28)37,23-11-7-6-8-12-23)16-15-27(36)33-17-19-34(20-18-33)30(38)40-31(3,4)5/h6-14,22,35H,15-21H2,1-5H3. The lowest BCUT2D eigenvalue weighted by atomic mass is 9.83. The van der Waals surface area contributed by atoms with Gasteiger partial charge in [0.25, 0.3) is 0 Å². The Bertz CT molecular complexity index is 1290. The molecular formula is C32H40N2O6S. The van der Waals surface area contributed by atoms with Gasteiger partial charge in [-0.25, -0.2) is 9.59 Å². The molecule has 9 heteroatoms. The van der Waals surface area contributed by atoms with Crippen LogP contribution in [0.25, 0.3) is 0 Å². The fraction of sp³-hybridized carbons (Fsp3) is 0.469. The number of cyclic esters (lactones) is 1. The molecule has 1 atom stereocenters. The summed E-state index contributed by atoms with van der Waals surface area (Å²) in [4.78, 5) is 43.5. The molecule has 4 rings (SSSR count). The van der Waals surface area contributed by atoms with Gasteiger partial charge in [0.15, 0.2) is 0 Å². The number of rotatable bonds is 7. The number of carbonyl (C=O) groups is 3. The molecule has 1 N–H and O–H groups in total. The monoisotopic (exact) mass is 580 g/mol. The minimum Gasteiger partial charge on any atom is -0.511 e. The van der Waals surface area contributed by atoms with Gasteiger partial charge in [0, 0.05) is 43.9 Å². The quantitative estimate of drug-likeness (QED) is 0.380. The zero-order chi connectivity index (χ0) is 29.8. The molecule has 0 bridgehead atoms. The number of aliphatic hydroxyl groups is 1. The van der Waals surface area contributed by atoms with Crippen molar-refractivity contribution in [1.29, 1.82) is 0 Å². The normalized spacial score (nSPS) is 19.8. The van der Waals surface area contributed by atoms with Gasteiger partial charge in [0.2, 0.25) is 5.91 Å². The number of aliphatic hydroxyl groups excluding tert-OH is 1. The van der Waals surface area contributed by atoms with Crippen molar-refractivity contribution >= 4 is 29.7 Å². The molecule has 41 heavy (non-hydrogen) atoms. The number of hydrogen-bond donors (Lipinski definition) is 1. The number of amides is 2. The number of carbonyl (C=O) groups excluding carboxylic acids is 3. The van der Waals surface area contributed by atoms with Gasteiger partial charge in [-0.3, -0.25) is 4.79 Å². The molecular weight excluding hydrogens is 540 g/mol.